The highest BCUT2D eigenvalue weighted by Crippen LogP contribution is 2.27. The molecule has 0 spiro atoms. The number of hydrogen-bond acceptors (Lipinski definition) is 2. The number of nitrogens with zero attached hydrogens (tertiary/aromatic N) is 1. The lowest BCUT2D eigenvalue weighted by Crippen LogP contribution is -2.19. The fraction of sp³-hybridized carbons (Fsp3) is 0.300. The molecule has 0 bridgehead atoms. The highest BCUT2D eigenvalue weighted by atomic mass is 14.9. The van der Waals surface area contributed by atoms with Crippen LogP contribution in [0.25, 0.3) is 11.0 Å². The van der Waals surface area contributed by atoms with Crippen LogP contribution in [0.5, 0.6) is 0 Å². The molecule has 3 N–H and O–H groups in total. The van der Waals surface area contributed by atoms with Gasteiger partial charge in [-0.1, -0.05) is 0 Å². The first-order valence-corrected chi connectivity index (χ1v) is 4.54. The zero-order valence-corrected chi connectivity index (χ0v) is 7.25. The number of fused-ring (bicyclic) bond motifs is 3. The lowest BCUT2D eigenvalue weighted by Gasteiger charge is -1.98. The predicted octanol–water partition coefficient (Wildman–Crippen LogP) is 0.989. The van der Waals surface area contributed by atoms with Crippen molar-refractivity contribution in [3.8, 4) is 0 Å². The molecule has 1 aliphatic rings. The van der Waals surface area contributed by atoms with Gasteiger partial charge in [0.25, 0.3) is 0 Å². The van der Waals surface area contributed by atoms with Crippen LogP contribution < -0.4 is 5.73 Å². The second kappa shape index (κ2) is 2.33. The normalized spacial score (nSPS) is 20.8. The van der Waals surface area contributed by atoms with Crippen LogP contribution in [-0.4, -0.2) is 16.0 Å². The summed E-state index contributed by atoms with van der Waals surface area (Å²) in [6.45, 7) is 0. The van der Waals surface area contributed by atoms with E-state index in [1.807, 2.05) is 12.3 Å². The van der Waals surface area contributed by atoms with E-state index in [1.165, 1.54) is 16.6 Å². The number of hydrogen-bond donors (Lipinski definition) is 2. The number of aromatic amines is 1. The number of aromatic nitrogens is 2. The van der Waals surface area contributed by atoms with Gasteiger partial charge in [-0.3, -0.25) is 0 Å². The Balaban J connectivity index is 2.31. The maximum Gasteiger partial charge on any atom is 0.137 e. The molecule has 2 aromatic heterocycles. The van der Waals surface area contributed by atoms with E-state index in [0.717, 1.165) is 18.5 Å². The van der Waals surface area contributed by atoms with Crippen LogP contribution in [0.3, 0.4) is 0 Å². The molecular formula is C10H11N3. The van der Waals surface area contributed by atoms with Gasteiger partial charge in [0.2, 0.25) is 0 Å². The summed E-state index contributed by atoms with van der Waals surface area (Å²) < 4.78 is 0. The highest BCUT2D eigenvalue weighted by molar-refractivity contribution is 5.82. The van der Waals surface area contributed by atoms with Crippen LogP contribution in [0.15, 0.2) is 18.3 Å². The molecule has 3 nitrogen and oxygen atoms in total. The summed E-state index contributed by atoms with van der Waals surface area (Å²) in [6, 6.07) is 4.38. The third-order valence-electron chi connectivity index (χ3n) is 2.70. The summed E-state index contributed by atoms with van der Waals surface area (Å²) in [7, 11) is 0. The number of H-pyrrole nitrogens is 1. The fourth-order valence-corrected chi connectivity index (χ4v) is 2.13. The molecule has 3 rings (SSSR count). The Morgan fingerprint density at radius 1 is 1.46 bits per heavy atom. The van der Waals surface area contributed by atoms with Crippen LogP contribution in [0, 0.1) is 0 Å². The summed E-state index contributed by atoms with van der Waals surface area (Å²) in [5.41, 5.74) is 9.53. The maximum atomic E-state index is 5.88. The Labute approximate surface area is 76.0 Å². The number of rotatable bonds is 0. The second-order valence-corrected chi connectivity index (χ2v) is 3.65. The van der Waals surface area contributed by atoms with Crippen molar-refractivity contribution in [2.45, 2.75) is 18.9 Å². The molecule has 1 aliphatic carbocycles. The van der Waals surface area contributed by atoms with Gasteiger partial charge < -0.3 is 10.7 Å². The van der Waals surface area contributed by atoms with Crippen LogP contribution in [0.2, 0.25) is 0 Å². The minimum atomic E-state index is 0.297. The van der Waals surface area contributed by atoms with E-state index < -0.39 is 0 Å². The van der Waals surface area contributed by atoms with Crippen molar-refractivity contribution >= 4 is 11.0 Å². The van der Waals surface area contributed by atoms with Crippen molar-refractivity contribution in [3.63, 3.8) is 0 Å². The molecule has 2 aromatic rings. The van der Waals surface area contributed by atoms with Crippen LogP contribution in [-0.2, 0) is 12.8 Å². The van der Waals surface area contributed by atoms with Gasteiger partial charge in [-0.25, -0.2) is 4.98 Å². The number of nitrogens with two attached hydrogens (primary N) is 1. The maximum absolute atomic E-state index is 5.88. The standard InChI is InChI=1S/C10H11N3/c11-6-4-8-7-2-1-3-12-10(7)13-9(8)5-6/h1-3,6H,4-5,11H2,(H,12,13). The Morgan fingerprint density at radius 2 is 2.38 bits per heavy atom. The van der Waals surface area contributed by atoms with Gasteiger partial charge in [-0.2, -0.15) is 0 Å². The Kier molecular flexibility index (Phi) is 1.27. The van der Waals surface area contributed by atoms with Crippen molar-refractivity contribution in [1.29, 1.82) is 0 Å². The third kappa shape index (κ3) is 0.906. The topological polar surface area (TPSA) is 54.7 Å². The van der Waals surface area contributed by atoms with Crippen LogP contribution in [0.4, 0.5) is 0 Å². The Morgan fingerprint density at radius 3 is 3.31 bits per heavy atom. The number of nitrogens with one attached hydrogen (secondary N) is 1. The molecule has 0 saturated heterocycles. The van der Waals surface area contributed by atoms with Crippen LogP contribution >= 0.6 is 0 Å². The van der Waals surface area contributed by atoms with E-state index in [1.54, 1.807) is 0 Å². The smallest absolute Gasteiger partial charge is 0.137 e. The van der Waals surface area contributed by atoms with E-state index in [9.17, 15) is 0 Å². The minimum absolute atomic E-state index is 0.297. The molecule has 1 unspecified atom stereocenters. The molecule has 0 saturated carbocycles. The average Bonchev–Trinajstić information content (AvgIpc) is 2.60. The van der Waals surface area contributed by atoms with Gasteiger partial charge in [0.15, 0.2) is 0 Å². The van der Waals surface area contributed by atoms with E-state index in [4.69, 9.17) is 5.73 Å². The van der Waals surface area contributed by atoms with Gasteiger partial charge in [0.05, 0.1) is 0 Å². The average molecular weight is 173 g/mol. The van der Waals surface area contributed by atoms with Gasteiger partial charge >= 0.3 is 0 Å². The predicted molar refractivity (Wildman–Crippen MR) is 51.5 cm³/mol. The molecular weight excluding hydrogens is 162 g/mol. The minimum Gasteiger partial charge on any atom is -0.343 e. The lowest BCUT2D eigenvalue weighted by atomic mass is 10.1. The van der Waals surface area contributed by atoms with Gasteiger partial charge in [-0.05, 0) is 24.1 Å². The van der Waals surface area contributed by atoms with Gasteiger partial charge in [-0.15, -0.1) is 0 Å². The Bertz CT molecular complexity index is 458. The van der Waals surface area contributed by atoms with Crippen molar-refractivity contribution in [3.05, 3.63) is 29.6 Å². The first-order chi connectivity index (χ1) is 6.34. The van der Waals surface area contributed by atoms with Crippen molar-refractivity contribution in [1.82, 2.24) is 9.97 Å². The summed E-state index contributed by atoms with van der Waals surface area (Å²) in [6.07, 6.45) is 3.76. The highest BCUT2D eigenvalue weighted by Gasteiger charge is 2.22. The lowest BCUT2D eigenvalue weighted by molar-refractivity contribution is 0.715. The molecule has 66 valence electrons. The molecule has 0 amide bonds. The van der Waals surface area contributed by atoms with E-state index >= 15 is 0 Å². The second-order valence-electron chi connectivity index (χ2n) is 3.65. The molecule has 2 heterocycles. The van der Waals surface area contributed by atoms with Gasteiger partial charge in [0.1, 0.15) is 5.65 Å². The summed E-state index contributed by atoms with van der Waals surface area (Å²) in [4.78, 5) is 7.59. The first kappa shape index (κ1) is 7.09. The largest absolute Gasteiger partial charge is 0.343 e. The van der Waals surface area contributed by atoms with Crippen molar-refractivity contribution < 1.29 is 0 Å². The monoisotopic (exact) mass is 173 g/mol. The SMILES string of the molecule is NC1Cc2[nH]c3ncccc3c2C1. The van der Waals surface area contributed by atoms with Crippen LogP contribution in [0.1, 0.15) is 11.3 Å². The zero-order valence-electron chi connectivity index (χ0n) is 7.25. The van der Waals surface area contributed by atoms with E-state index in [-0.39, 0.29) is 0 Å². The third-order valence-corrected chi connectivity index (χ3v) is 2.70. The van der Waals surface area contributed by atoms with E-state index in [2.05, 4.69) is 16.0 Å². The quantitative estimate of drug-likeness (QED) is 0.624. The molecule has 0 aliphatic heterocycles. The van der Waals surface area contributed by atoms with Crippen molar-refractivity contribution in [2.24, 2.45) is 5.73 Å². The van der Waals surface area contributed by atoms with E-state index in [0.29, 0.717) is 6.04 Å². The molecule has 0 radical (unpaired) electrons. The summed E-state index contributed by atoms with van der Waals surface area (Å²) in [5.74, 6) is 0. The Hall–Kier alpha value is -1.35. The fourth-order valence-electron chi connectivity index (χ4n) is 2.13. The summed E-state index contributed by atoms with van der Waals surface area (Å²) >= 11 is 0. The molecule has 0 aromatic carbocycles. The zero-order chi connectivity index (χ0) is 8.84. The van der Waals surface area contributed by atoms with Gasteiger partial charge in [0, 0.05) is 29.7 Å². The first-order valence-electron chi connectivity index (χ1n) is 4.54. The number of pyridine rings is 1. The molecule has 1 atom stereocenters. The molecule has 3 heteroatoms. The van der Waals surface area contributed by atoms with Crippen molar-refractivity contribution in [2.75, 3.05) is 0 Å². The summed E-state index contributed by atoms with van der Waals surface area (Å²) in [5, 5.41) is 1.24. The molecule has 0 fully saturated rings. The molecule has 13 heavy (non-hydrogen) atoms.